The third-order valence-electron chi connectivity index (χ3n) is 3.12. The number of halogens is 1. The molecule has 0 bridgehead atoms. The number of rotatable bonds is 6. The van der Waals surface area contributed by atoms with Crippen molar-refractivity contribution in [2.24, 2.45) is 7.05 Å². The second-order valence-corrected chi connectivity index (χ2v) is 4.88. The van der Waals surface area contributed by atoms with Gasteiger partial charge in [0, 0.05) is 26.0 Å². The molecule has 5 nitrogen and oxygen atoms in total. The molecule has 1 atom stereocenters. The zero-order chi connectivity index (χ0) is 13.8. The van der Waals surface area contributed by atoms with Crippen molar-refractivity contribution < 1.29 is 0 Å². The van der Waals surface area contributed by atoms with Crippen LogP contribution >= 0.6 is 11.6 Å². The van der Waals surface area contributed by atoms with Crippen LogP contribution in [0.1, 0.15) is 37.8 Å². The summed E-state index contributed by atoms with van der Waals surface area (Å²) in [6.07, 6.45) is 6.50. The Balaban J connectivity index is 2.42. The van der Waals surface area contributed by atoms with E-state index in [0.717, 1.165) is 31.0 Å². The summed E-state index contributed by atoms with van der Waals surface area (Å²) in [5, 5.41) is 8.49. The molecular weight excluding hydrogens is 262 g/mol. The minimum absolute atomic E-state index is 0.0325. The number of aromatic nitrogens is 4. The largest absolute Gasteiger partial charge is 0.336 e. The normalized spacial score (nSPS) is 12.8. The van der Waals surface area contributed by atoms with Crippen molar-refractivity contribution in [3.8, 4) is 0 Å². The average molecular weight is 282 g/mol. The highest BCUT2D eigenvalue weighted by Crippen LogP contribution is 2.27. The van der Waals surface area contributed by atoms with E-state index < -0.39 is 0 Å². The number of nitrogens with one attached hydrogen (secondary N) is 1. The highest BCUT2D eigenvalue weighted by Gasteiger charge is 2.24. The Bertz CT molecular complexity index is 531. The van der Waals surface area contributed by atoms with Gasteiger partial charge >= 0.3 is 0 Å². The van der Waals surface area contributed by atoms with Gasteiger partial charge in [0.1, 0.15) is 11.9 Å². The molecule has 0 aliphatic heterocycles. The summed E-state index contributed by atoms with van der Waals surface area (Å²) in [4.78, 5) is 4.44. The number of nitrogens with zero attached hydrogens (tertiary/aromatic N) is 4. The van der Waals surface area contributed by atoms with Crippen LogP contribution in [0.25, 0.3) is 0 Å². The van der Waals surface area contributed by atoms with Crippen molar-refractivity contribution in [2.45, 2.75) is 32.9 Å². The van der Waals surface area contributed by atoms with Gasteiger partial charge in [0.2, 0.25) is 0 Å². The van der Waals surface area contributed by atoms with E-state index in [1.165, 1.54) is 0 Å². The maximum Gasteiger partial charge on any atom is 0.131 e. The van der Waals surface area contributed by atoms with Gasteiger partial charge in [-0.05, 0) is 19.9 Å². The molecule has 0 aliphatic carbocycles. The Morgan fingerprint density at radius 1 is 1.42 bits per heavy atom. The van der Waals surface area contributed by atoms with Crippen LogP contribution in [-0.2, 0) is 13.6 Å². The molecule has 0 radical (unpaired) electrons. The van der Waals surface area contributed by atoms with Crippen LogP contribution in [0.2, 0.25) is 5.02 Å². The number of hydrogen-bond donors (Lipinski definition) is 1. The average Bonchev–Trinajstić information content (AvgIpc) is 2.98. The summed E-state index contributed by atoms with van der Waals surface area (Å²) < 4.78 is 3.93. The Labute approximate surface area is 118 Å². The minimum atomic E-state index is -0.0325. The lowest BCUT2D eigenvalue weighted by Gasteiger charge is -2.20. The fourth-order valence-corrected chi connectivity index (χ4v) is 2.42. The van der Waals surface area contributed by atoms with Crippen molar-refractivity contribution in [1.29, 1.82) is 0 Å². The molecule has 2 rings (SSSR count). The van der Waals surface area contributed by atoms with Crippen LogP contribution in [0.3, 0.4) is 0 Å². The Hall–Kier alpha value is -1.33. The number of hydrogen-bond acceptors (Lipinski definition) is 3. The lowest BCUT2D eigenvalue weighted by molar-refractivity contribution is 0.503. The summed E-state index contributed by atoms with van der Waals surface area (Å²) in [5.74, 6) is 0.950. The highest BCUT2D eigenvalue weighted by atomic mass is 35.5. The molecular formula is C13H20ClN5. The Kier molecular flexibility index (Phi) is 4.61. The Morgan fingerprint density at radius 2 is 2.21 bits per heavy atom. The Morgan fingerprint density at radius 3 is 2.79 bits per heavy atom. The smallest absolute Gasteiger partial charge is 0.131 e. The summed E-state index contributed by atoms with van der Waals surface area (Å²) in [6, 6.07) is -0.0325. The van der Waals surface area contributed by atoms with E-state index in [4.69, 9.17) is 11.6 Å². The molecule has 0 spiro atoms. The summed E-state index contributed by atoms with van der Waals surface area (Å²) >= 11 is 6.31. The molecule has 2 heterocycles. The molecule has 0 aliphatic rings. The fourth-order valence-electron chi connectivity index (χ4n) is 2.17. The standard InChI is InChI=1S/C13H20ClN5/c1-4-6-15-11(13-16-7-8-18(13)3)12-10(14)9-17-19(12)5-2/h7-9,11,15H,4-6H2,1-3H3. The SMILES string of the molecule is CCCNC(c1nccn1C)c1c(Cl)cnn1CC. The van der Waals surface area contributed by atoms with Crippen molar-refractivity contribution in [3.05, 3.63) is 35.1 Å². The van der Waals surface area contributed by atoms with E-state index in [0.29, 0.717) is 5.02 Å². The molecule has 1 unspecified atom stereocenters. The van der Waals surface area contributed by atoms with E-state index in [9.17, 15) is 0 Å². The van der Waals surface area contributed by atoms with E-state index in [1.807, 2.05) is 22.5 Å². The topological polar surface area (TPSA) is 47.7 Å². The zero-order valence-electron chi connectivity index (χ0n) is 11.6. The number of aryl methyl sites for hydroxylation is 2. The van der Waals surface area contributed by atoms with Gasteiger partial charge in [0.15, 0.2) is 0 Å². The third kappa shape index (κ3) is 2.82. The van der Waals surface area contributed by atoms with Gasteiger partial charge in [-0.25, -0.2) is 4.98 Å². The molecule has 1 N–H and O–H groups in total. The van der Waals surface area contributed by atoms with Crippen molar-refractivity contribution in [2.75, 3.05) is 6.54 Å². The van der Waals surface area contributed by atoms with Crippen LogP contribution in [-0.4, -0.2) is 25.9 Å². The molecule has 2 aromatic rings. The van der Waals surface area contributed by atoms with Gasteiger partial charge < -0.3 is 9.88 Å². The quantitative estimate of drug-likeness (QED) is 0.884. The zero-order valence-corrected chi connectivity index (χ0v) is 12.4. The minimum Gasteiger partial charge on any atom is -0.336 e. The van der Waals surface area contributed by atoms with Crippen LogP contribution in [0.4, 0.5) is 0 Å². The van der Waals surface area contributed by atoms with E-state index in [1.54, 1.807) is 12.4 Å². The lowest BCUT2D eigenvalue weighted by Crippen LogP contribution is -2.28. The van der Waals surface area contributed by atoms with Crippen molar-refractivity contribution >= 4 is 11.6 Å². The van der Waals surface area contributed by atoms with Crippen LogP contribution in [0.5, 0.6) is 0 Å². The van der Waals surface area contributed by atoms with E-state index in [2.05, 4.69) is 29.2 Å². The van der Waals surface area contributed by atoms with Gasteiger partial charge in [-0.2, -0.15) is 5.10 Å². The van der Waals surface area contributed by atoms with Crippen molar-refractivity contribution in [3.63, 3.8) is 0 Å². The molecule has 19 heavy (non-hydrogen) atoms. The predicted molar refractivity (Wildman–Crippen MR) is 76.3 cm³/mol. The van der Waals surface area contributed by atoms with Crippen molar-refractivity contribution in [1.82, 2.24) is 24.6 Å². The van der Waals surface area contributed by atoms with Crippen LogP contribution in [0, 0.1) is 0 Å². The van der Waals surface area contributed by atoms with Gasteiger partial charge in [0.05, 0.1) is 16.9 Å². The highest BCUT2D eigenvalue weighted by molar-refractivity contribution is 6.31. The third-order valence-corrected chi connectivity index (χ3v) is 3.41. The van der Waals surface area contributed by atoms with Crippen LogP contribution in [0.15, 0.2) is 18.6 Å². The monoisotopic (exact) mass is 281 g/mol. The first-order valence-corrected chi connectivity index (χ1v) is 6.98. The van der Waals surface area contributed by atoms with Gasteiger partial charge in [0.25, 0.3) is 0 Å². The van der Waals surface area contributed by atoms with Crippen LogP contribution < -0.4 is 5.32 Å². The first-order valence-electron chi connectivity index (χ1n) is 6.60. The molecule has 0 amide bonds. The van der Waals surface area contributed by atoms with Gasteiger partial charge in [-0.1, -0.05) is 18.5 Å². The second-order valence-electron chi connectivity index (χ2n) is 4.48. The summed E-state index contributed by atoms with van der Waals surface area (Å²) in [6.45, 7) is 5.89. The second kappa shape index (κ2) is 6.21. The van der Waals surface area contributed by atoms with E-state index in [-0.39, 0.29) is 6.04 Å². The predicted octanol–water partition coefficient (Wildman–Crippen LogP) is 2.38. The molecule has 2 aromatic heterocycles. The molecule has 0 saturated heterocycles. The summed E-state index contributed by atoms with van der Waals surface area (Å²) in [5.41, 5.74) is 0.979. The first-order chi connectivity index (χ1) is 9.19. The van der Waals surface area contributed by atoms with E-state index >= 15 is 0 Å². The number of imidazole rings is 1. The first kappa shape index (κ1) is 14.1. The van der Waals surface area contributed by atoms with Gasteiger partial charge in [-0.15, -0.1) is 0 Å². The molecule has 104 valence electrons. The van der Waals surface area contributed by atoms with Gasteiger partial charge in [-0.3, -0.25) is 4.68 Å². The summed E-state index contributed by atoms with van der Waals surface area (Å²) in [7, 11) is 1.99. The maximum atomic E-state index is 6.31. The molecule has 0 aromatic carbocycles. The molecule has 6 heteroatoms. The molecule has 0 saturated carbocycles. The fraction of sp³-hybridized carbons (Fsp3) is 0.538. The molecule has 0 fully saturated rings. The maximum absolute atomic E-state index is 6.31. The lowest BCUT2D eigenvalue weighted by atomic mass is 10.1.